The van der Waals surface area contributed by atoms with Gasteiger partial charge in [-0.25, -0.2) is 17.5 Å². The molecule has 9 heteroatoms. The molecule has 1 aromatic rings. The van der Waals surface area contributed by atoms with E-state index in [9.17, 15) is 22.8 Å². The van der Waals surface area contributed by atoms with E-state index in [1.54, 1.807) is 13.0 Å². The lowest BCUT2D eigenvalue weighted by Gasteiger charge is -2.34. The molecule has 3 rings (SSSR count). The number of nitrogens with zero attached hydrogens (tertiary/aromatic N) is 2. The zero-order chi connectivity index (χ0) is 18.9. The Morgan fingerprint density at radius 1 is 1.23 bits per heavy atom. The molecule has 26 heavy (non-hydrogen) atoms. The zero-order valence-corrected chi connectivity index (χ0v) is 15.2. The Kier molecular flexibility index (Phi) is 4.99. The van der Waals surface area contributed by atoms with E-state index in [1.807, 2.05) is 0 Å². The maximum Gasteiger partial charge on any atom is 0.328 e. The number of carbonyl (C=O) groups is 3. The molecule has 2 amide bonds. The number of carbonyl (C=O) groups excluding carboxylic acids is 3. The molecule has 0 bridgehead atoms. The summed E-state index contributed by atoms with van der Waals surface area (Å²) >= 11 is 0. The van der Waals surface area contributed by atoms with Gasteiger partial charge in [0, 0.05) is 6.54 Å². The number of fused-ring (bicyclic) bond motifs is 1. The molecule has 8 nitrogen and oxygen atoms in total. The normalized spacial score (nSPS) is 21.4. The first kappa shape index (κ1) is 18.4. The van der Waals surface area contributed by atoms with Crippen molar-refractivity contribution in [3.8, 4) is 0 Å². The second kappa shape index (κ2) is 7.06. The van der Waals surface area contributed by atoms with Crippen molar-refractivity contribution in [2.45, 2.75) is 37.1 Å². The highest BCUT2D eigenvalue weighted by molar-refractivity contribution is 7.90. The van der Waals surface area contributed by atoms with Gasteiger partial charge >= 0.3 is 5.97 Å². The quantitative estimate of drug-likeness (QED) is 0.716. The van der Waals surface area contributed by atoms with Gasteiger partial charge in [0.15, 0.2) is 0 Å². The van der Waals surface area contributed by atoms with E-state index in [1.165, 1.54) is 23.1 Å². The first-order chi connectivity index (χ1) is 12.4. The fourth-order valence-electron chi connectivity index (χ4n) is 3.31. The van der Waals surface area contributed by atoms with Gasteiger partial charge in [0.25, 0.3) is 15.9 Å². The van der Waals surface area contributed by atoms with Crippen molar-refractivity contribution in [3.63, 3.8) is 0 Å². The van der Waals surface area contributed by atoms with Crippen LogP contribution in [0, 0.1) is 0 Å². The number of hydrogen-bond donors (Lipinski definition) is 0. The number of esters is 1. The Hall–Kier alpha value is -2.42. The van der Waals surface area contributed by atoms with E-state index in [0.29, 0.717) is 23.7 Å². The van der Waals surface area contributed by atoms with Crippen LogP contribution in [-0.2, 0) is 24.3 Å². The highest BCUT2D eigenvalue weighted by Gasteiger charge is 2.43. The molecule has 2 aliphatic rings. The second-order valence-corrected chi connectivity index (χ2v) is 7.99. The Balaban J connectivity index is 1.81. The molecule has 0 aliphatic carbocycles. The van der Waals surface area contributed by atoms with Crippen LogP contribution in [-0.4, -0.2) is 61.1 Å². The van der Waals surface area contributed by atoms with Crippen molar-refractivity contribution >= 4 is 27.8 Å². The van der Waals surface area contributed by atoms with Crippen LogP contribution in [0.15, 0.2) is 29.2 Å². The molecule has 1 atom stereocenters. The third kappa shape index (κ3) is 3.07. The van der Waals surface area contributed by atoms with Gasteiger partial charge in [-0.05, 0) is 38.3 Å². The van der Waals surface area contributed by atoms with Gasteiger partial charge in [-0.2, -0.15) is 0 Å². The standard InChI is InChI=1S/C17H20N2O6S/c1-2-25-17(22)13-8-5-6-10-18(13)15(20)11-19-16(21)12-7-3-4-9-14(12)26(19,23)24/h3-4,7,9,13H,2,5-6,8,10-11H2,1H3. The number of amides is 2. The van der Waals surface area contributed by atoms with Crippen LogP contribution in [0.2, 0.25) is 0 Å². The molecule has 0 aromatic heterocycles. The number of sulfonamides is 1. The summed E-state index contributed by atoms with van der Waals surface area (Å²) in [5.41, 5.74) is 0.0564. The summed E-state index contributed by atoms with van der Waals surface area (Å²) in [4.78, 5) is 38.5. The lowest BCUT2D eigenvalue weighted by atomic mass is 10.0. The molecule has 1 aromatic carbocycles. The topological polar surface area (TPSA) is 101 Å². The number of hydrogen-bond acceptors (Lipinski definition) is 6. The zero-order valence-electron chi connectivity index (χ0n) is 14.4. The fourth-order valence-corrected chi connectivity index (χ4v) is 4.83. The van der Waals surface area contributed by atoms with Gasteiger partial charge < -0.3 is 9.64 Å². The van der Waals surface area contributed by atoms with Gasteiger partial charge in [0.1, 0.15) is 17.5 Å². The Bertz CT molecular complexity index is 851. The largest absolute Gasteiger partial charge is 0.464 e. The van der Waals surface area contributed by atoms with Crippen LogP contribution < -0.4 is 0 Å². The molecule has 0 saturated carbocycles. The van der Waals surface area contributed by atoms with Crippen molar-refractivity contribution in [3.05, 3.63) is 29.8 Å². The van der Waals surface area contributed by atoms with Crippen LogP contribution in [0.4, 0.5) is 0 Å². The average molecular weight is 380 g/mol. The number of benzene rings is 1. The number of rotatable bonds is 4. The lowest BCUT2D eigenvalue weighted by Crippen LogP contribution is -2.52. The van der Waals surface area contributed by atoms with E-state index in [4.69, 9.17) is 4.74 Å². The van der Waals surface area contributed by atoms with Crippen molar-refractivity contribution in [2.24, 2.45) is 0 Å². The average Bonchev–Trinajstić information content (AvgIpc) is 2.83. The third-order valence-corrected chi connectivity index (χ3v) is 6.36. The maximum atomic E-state index is 12.7. The number of ether oxygens (including phenoxy) is 1. The van der Waals surface area contributed by atoms with Crippen LogP contribution in [0.25, 0.3) is 0 Å². The highest BCUT2D eigenvalue weighted by Crippen LogP contribution is 2.30. The molecule has 2 aliphatic heterocycles. The second-order valence-electron chi connectivity index (χ2n) is 6.16. The van der Waals surface area contributed by atoms with Crippen molar-refractivity contribution in [1.82, 2.24) is 9.21 Å². The van der Waals surface area contributed by atoms with Gasteiger partial charge in [-0.15, -0.1) is 0 Å². The van der Waals surface area contributed by atoms with Gasteiger partial charge in [-0.3, -0.25) is 9.59 Å². The molecule has 0 N–H and O–H groups in total. The highest BCUT2D eigenvalue weighted by atomic mass is 32.2. The molecule has 1 saturated heterocycles. The minimum atomic E-state index is -4.06. The Labute approximate surface area is 151 Å². The molecule has 1 fully saturated rings. The fraction of sp³-hybridized carbons (Fsp3) is 0.471. The monoisotopic (exact) mass is 380 g/mol. The Morgan fingerprint density at radius 2 is 1.96 bits per heavy atom. The maximum absolute atomic E-state index is 12.7. The van der Waals surface area contributed by atoms with E-state index in [2.05, 4.69) is 0 Å². The predicted octanol–water partition coefficient (Wildman–Crippen LogP) is 0.775. The molecule has 1 unspecified atom stereocenters. The van der Waals surface area contributed by atoms with E-state index >= 15 is 0 Å². The van der Waals surface area contributed by atoms with Crippen LogP contribution in [0.3, 0.4) is 0 Å². The van der Waals surface area contributed by atoms with Crippen molar-refractivity contribution in [2.75, 3.05) is 19.7 Å². The lowest BCUT2D eigenvalue weighted by molar-refractivity contribution is -0.156. The third-order valence-electron chi connectivity index (χ3n) is 4.57. The minimum Gasteiger partial charge on any atom is -0.464 e. The van der Waals surface area contributed by atoms with Crippen molar-refractivity contribution in [1.29, 1.82) is 0 Å². The van der Waals surface area contributed by atoms with E-state index < -0.39 is 40.4 Å². The van der Waals surface area contributed by atoms with Crippen molar-refractivity contribution < 1.29 is 27.5 Å². The summed E-state index contributed by atoms with van der Waals surface area (Å²) < 4.78 is 30.7. The van der Waals surface area contributed by atoms with Gasteiger partial charge in [0.05, 0.1) is 12.2 Å². The first-order valence-electron chi connectivity index (χ1n) is 8.50. The first-order valence-corrected chi connectivity index (χ1v) is 9.94. The smallest absolute Gasteiger partial charge is 0.328 e. The molecule has 0 spiro atoms. The van der Waals surface area contributed by atoms with Gasteiger partial charge in [-0.1, -0.05) is 12.1 Å². The minimum absolute atomic E-state index is 0.0564. The Morgan fingerprint density at radius 3 is 2.65 bits per heavy atom. The number of piperidine rings is 1. The molecular weight excluding hydrogens is 360 g/mol. The molecule has 2 heterocycles. The predicted molar refractivity (Wildman–Crippen MR) is 90.6 cm³/mol. The summed E-state index contributed by atoms with van der Waals surface area (Å²) in [7, 11) is -4.06. The SMILES string of the molecule is CCOC(=O)C1CCCCN1C(=O)CN1C(=O)c2ccccc2S1(=O)=O. The van der Waals surface area contributed by atoms with E-state index in [-0.39, 0.29) is 17.1 Å². The van der Waals surface area contributed by atoms with Crippen LogP contribution >= 0.6 is 0 Å². The van der Waals surface area contributed by atoms with Crippen LogP contribution in [0.5, 0.6) is 0 Å². The van der Waals surface area contributed by atoms with Gasteiger partial charge in [0.2, 0.25) is 5.91 Å². The summed E-state index contributed by atoms with van der Waals surface area (Å²) in [5, 5.41) is 0. The summed E-state index contributed by atoms with van der Waals surface area (Å²) in [5.74, 6) is -1.80. The molecular formula is C17H20N2O6S. The summed E-state index contributed by atoms with van der Waals surface area (Å²) in [6.07, 6.45) is 1.95. The van der Waals surface area contributed by atoms with E-state index in [0.717, 1.165) is 6.42 Å². The summed E-state index contributed by atoms with van der Waals surface area (Å²) in [6, 6.07) is 5.12. The van der Waals surface area contributed by atoms with Crippen LogP contribution in [0.1, 0.15) is 36.5 Å². The summed E-state index contributed by atoms with van der Waals surface area (Å²) in [6.45, 7) is 1.59. The molecule has 0 radical (unpaired) electrons. The molecule has 140 valence electrons. The number of likely N-dealkylation sites (tertiary alicyclic amines) is 1.